The van der Waals surface area contributed by atoms with Gasteiger partial charge < -0.3 is 24.0 Å². The van der Waals surface area contributed by atoms with Crippen LogP contribution in [0.3, 0.4) is 0 Å². The van der Waals surface area contributed by atoms with Gasteiger partial charge in [-0.25, -0.2) is 4.98 Å². The first-order valence-electron chi connectivity index (χ1n) is 16.5. The molecule has 0 spiro atoms. The lowest BCUT2D eigenvalue weighted by molar-refractivity contribution is -0.150. The van der Waals surface area contributed by atoms with Crippen molar-refractivity contribution in [2.45, 2.75) is 65.5 Å². The second-order valence-electron chi connectivity index (χ2n) is 13.1. The second kappa shape index (κ2) is 12.1. The van der Waals surface area contributed by atoms with Crippen molar-refractivity contribution in [3.63, 3.8) is 0 Å². The highest BCUT2D eigenvalue weighted by molar-refractivity contribution is 5.97. The van der Waals surface area contributed by atoms with E-state index in [0.717, 1.165) is 116 Å². The van der Waals surface area contributed by atoms with Gasteiger partial charge in [0.2, 0.25) is 0 Å². The van der Waals surface area contributed by atoms with Crippen LogP contribution in [0.1, 0.15) is 65.2 Å². The first-order valence-corrected chi connectivity index (χ1v) is 16.5. The van der Waals surface area contributed by atoms with Gasteiger partial charge >= 0.3 is 5.97 Å². The minimum atomic E-state index is -0.284. The van der Waals surface area contributed by atoms with Crippen molar-refractivity contribution in [1.82, 2.24) is 9.88 Å². The summed E-state index contributed by atoms with van der Waals surface area (Å²) in [5.41, 5.74) is 6.89. The number of benzene rings is 2. The third-order valence-corrected chi connectivity index (χ3v) is 10.5. The van der Waals surface area contributed by atoms with Crippen LogP contribution in [-0.4, -0.2) is 67.3 Å². The molecule has 1 saturated carbocycles. The average molecular weight is 610 g/mol. The Labute approximate surface area is 265 Å². The SMILES string of the molecule is CCOC(=O)[C@@]12CCN(c3cccc(-c4cc(C)ccc4OCc4ccc5c(c4C)CCN(C4CCOCC4)C5=O)n3)CC1C2. The highest BCUT2D eigenvalue weighted by atomic mass is 16.5. The van der Waals surface area contributed by atoms with Gasteiger partial charge in [0, 0.05) is 50.0 Å². The molecule has 0 N–H and O–H groups in total. The molecule has 1 aliphatic carbocycles. The van der Waals surface area contributed by atoms with E-state index in [9.17, 15) is 9.59 Å². The molecule has 2 atom stereocenters. The van der Waals surface area contributed by atoms with E-state index in [2.05, 4.69) is 54.0 Å². The molecule has 3 aliphatic heterocycles. The summed E-state index contributed by atoms with van der Waals surface area (Å²) in [6, 6.07) is 16.7. The Balaban J connectivity index is 1.07. The summed E-state index contributed by atoms with van der Waals surface area (Å²) >= 11 is 0. The molecule has 4 aliphatic rings. The fraction of sp³-hybridized carbons (Fsp3) is 0.486. The average Bonchev–Trinajstić information content (AvgIpc) is 3.81. The fourth-order valence-corrected chi connectivity index (χ4v) is 7.65. The number of hydrogen-bond donors (Lipinski definition) is 0. The fourth-order valence-electron chi connectivity index (χ4n) is 7.65. The molecule has 4 heterocycles. The maximum absolute atomic E-state index is 13.4. The van der Waals surface area contributed by atoms with Crippen molar-refractivity contribution >= 4 is 17.7 Å². The third kappa shape index (κ3) is 5.58. The topological polar surface area (TPSA) is 81.2 Å². The van der Waals surface area contributed by atoms with E-state index in [1.807, 2.05) is 25.1 Å². The lowest BCUT2D eigenvalue weighted by Gasteiger charge is -2.38. The van der Waals surface area contributed by atoms with Crippen LogP contribution < -0.4 is 9.64 Å². The molecule has 3 fully saturated rings. The van der Waals surface area contributed by atoms with Crippen molar-refractivity contribution in [2.24, 2.45) is 11.3 Å². The predicted molar refractivity (Wildman–Crippen MR) is 173 cm³/mol. The Morgan fingerprint density at radius 2 is 1.91 bits per heavy atom. The summed E-state index contributed by atoms with van der Waals surface area (Å²) in [6.45, 7) is 10.7. The molecular weight excluding hydrogens is 566 g/mol. The molecule has 1 aromatic heterocycles. The Bertz CT molecular complexity index is 1620. The van der Waals surface area contributed by atoms with Crippen molar-refractivity contribution in [2.75, 3.05) is 44.4 Å². The van der Waals surface area contributed by atoms with Crippen LogP contribution in [0.25, 0.3) is 11.3 Å². The number of ether oxygens (including phenoxy) is 3. The van der Waals surface area contributed by atoms with Gasteiger partial charge in [0.1, 0.15) is 18.2 Å². The quantitative estimate of drug-likeness (QED) is 0.294. The highest BCUT2D eigenvalue weighted by Crippen LogP contribution is 2.59. The number of carbonyl (C=O) groups is 2. The molecule has 0 bridgehead atoms. The standard InChI is InChI=1S/C37H43N3O5/c1-4-44-36(42)37-15-17-39(22-27(37)21-37)34-7-5-6-32(38-34)31-20-24(2)8-11-33(31)45-23-26-9-10-30-29(25(26)3)12-16-40(35(30)41)28-13-18-43-19-14-28/h5-11,20,27-28H,4,12-19,21-23H2,1-3H3/t27?,37-/m1/s1. The maximum atomic E-state index is 13.4. The zero-order valence-electron chi connectivity index (χ0n) is 26.6. The summed E-state index contributed by atoms with van der Waals surface area (Å²) in [5.74, 6) is 2.15. The molecule has 7 rings (SSSR count). The molecule has 3 aromatic rings. The first kappa shape index (κ1) is 29.8. The van der Waals surface area contributed by atoms with E-state index in [1.165, 1.54) is 0 Å². The van der Waals surface area contributed by atoms with Crippen molar-refractivity contribution in [3.8, 4) is 17.0 Å². The summed E-state index contributed by atoms with van der Waals surface area (Å²) in [7, 11) is 0. The van der Waals surface area contributed by atoms with Crippen LogP contribution in [0.2, 0.25) is 0 Å². The Morgan fingerprint density at radius 1 is 1.07 bits per heavy atom. The molecule has 236 valence electrons. The molecule has 8 nitrogen and oxygen atoms in total. The molecular formula is C37H43N3O5. The molecule has 2 saturated heterocycles. The smallest absolute Gasteiger partial charge is 0.312 e. The van der Waals surface area contributed by atoms with Gasteiger partial charge in [-0.05, 0) is 106 Å². The van der Waals surface area contributed by atoms with Gasteiger partial charge in [-0.1, -0.05) is 23.8 Å². The largest absolute Gasteiger partial charge is 0.488 e. The van der Waals surface area contributed by atoms with Gasteiger partial charge in [0.05, 0.1) is 17.7 Å². The molecule has 2 aromatic carbocycles. The second-order valence-corrected chi connectivity index (χ2v) is 13.1. The zero-order valence-corrected chi connectivity index (χ0v) is 26.6. The monoisotopic (exact) mass is 609 g/mol. The van der Waals surface area contributed by atoms with Crippen molar-refractivity contribution in [1.29, 1.82) is 0 Å². The number of pyridine rings is 1. The lowest BCUT2D eigenvalue weighted by Crippen LogP contribution is -2.47. The number of aromatic nitrogens is 1. The number of piperidine rings is 1. The number of amides is 1. The predicted octanol–water partition coefficient (Wildman–Crippen LogP) is 5.90. The Morgan fingerprint density at radius 3 is 2.71 bits per heavy atom. The number of nitrogens with zero attached hydrogens (tertiary/aromatic N) is 3. The number of fused-ring (bicyclic) bond motifs is 2. The Kier molecular flexibility index (Phi) is 8.02. The van der Waals surface area contributed by atoms with Crippen LogP contribution in [-0.2, 0) is 27.3 Å². The molecule has 1 amide bonds. The molecule has 8 heteroatoms. The number of esters is 1. The summed E-state index contributed by atoms with van der Waals surface area (Å²) in [4.78, 5) is 35.5. The van der Waals surface area contributed by atoms with E-state index >= 15 is 0 Å². The van der Waals surface area contributed by atoms with Crippen LogP contribution in [0, 0.1) is 25.2 Å². The van der Waals surface area contributed by atoms with Gasteiger partial charge in [-0.15, -0.1) is 0 Å². The van der Waals surface area contributed by atoms with Gasteiger partial charge in [0.15, 0.2) is 0 Å². The van der Waals surface area contributed by atoms with E-state index in [1.54, 1.807) is 0 Å². The number of aryl methyl sites for hydroxylation is 1. The van der Waals surface area contributed by atoms with E-state index < -0.39 is 0 Å². The Hall–Kier alpha value is -3.91. The van der Waals surface area contributed by atoms with Gasteiger partial charge in [0.25, 0.3) is 5.91 Å². The van der Waals surface area contributed by atoms with Gasteiger partial charge in [-0.3, -0.25) is 9.59 Å². The van der Waals surface area contributed by atoms with E-state index in [-0.39, 0.29) is 23.3 Å². The van der Waals surface area contributed by atoms with Crippen LogP contribution in [0.15, 0.2) is 48.5 Å². The molecule has 45 heavy (non-hydrogen) atoms. The number of carbonyl (C=O) groups excluding carboxylic acids is 2. The van der Waals surface area contributed by atoms with Gasteiger partial charge in [-0.2, -0.15) is 0 Å². The highest BCUT2D eigenvalue weighted by Gasteiger charge is 2.63. The number of rotatable bonds is 8. The summed E-state index contributed by atoms with van der Waals surface area (Å²) in [5, 5.41) is 0. The summed E-state index contributed by atoms with van der Waals surface area (Å²) < 4.78 is 17.4. The molecule has 1 unspecified atom stereocenters. The normalized spacial score (nSPS) is 22.9. The summed E-state index contributed by atoms with van der Waals surface area (Å²) in [6.07, 6.45) is 4.40. The minimum Gasteiger partial charge on any atom is -0.488 e. The maximum Gasteiger partial charge on any atom is 0.312 e. The minimum absolute atomic E-state index is 0.0318. The first-order chi connectivity index (χ1) is 21.9. The van der Waals surface area contributed by atoms with Crippen LogP contribution >= 0.6 is 0 Å². The van der Waals surface area contributed by atoms with E-state index in [0.29, 0.717) is 19.1 Å². The number of anilines is 1. The number of hydrogen-bond acceptors (Lipinski definition) is 7. The van der Waals surface area contributed by atoms with E-state index in [4.69, 9.17) is 19.2 Å². The lowest BCUT2D eigenvalue weighted by atomic mass is 9.90. The van der Waals surface area contributed by atoms with Crippen molar-refractivity contribution in [3.05, 3.63) is 76.3 Å². The molecule has 0 radical (unpaired) electrons. The third-order valence-electron chi connectivity index (χ3n) is 10.5. The van der Waals surface area contributed by atoms with Crippen LogP contribution in [0.4, 0.5) is 5.82 Å². The van der Waals surface area contributed by atoms with Crippen LogP contribution in [0.5, 0.6) is 5.75 Å². The zero-order chi connectivity index (χ0) is 31.1. The van der Waals surface area contributed by atoms with Crippen molar-refractivity contribution < 1.29 is 23.8 Å².